The minimum absolute atomic E-state index is 0. The van der Waals surface area contributed by atoms with E-state index >= 15 is 0 Å². The Balaban J connectivity index is 0.000000449. The summed E-state index contributed by atoms with van der Waals surface area (Å²) in [4.78, 5) is 9.26. The molecule has 0 aliphatic carbocycles. The van der Waals surface area contributed by atoms with Gasteiger partial charge in [0.25, 0.3) is 0 Å². The average molecular weight is 670 g/mol. The Morgan fingerprint density at radius 1 is 0.912 bits per heavy atom. The summed E-state index contributed by atoms with van der Waals surface area (Å²) in [7, 11) is 0. The van der Waals surface area contributed by atoms with Crippen LogP contribution in [0.2, 0.25) is 0 Å². The number of nitrogens with zero attached hydrogens (tertiary/aromatic N) is 2. The molecular weight excluding hydrogens is 641 g/mol. The van der Waals surface area contributed by atoms with Crippen molar-refractivity contribution < 1.29 is 30.3 Å². The van der Waals surface area contributed by atoms with Gasteiger partial charge in [0.05, 0.1) is 17.2 Å². The number of aromatic nitrogens is 2. The van der Waals surface area contributed by atoms with E-state index in [1.54, 1.807) is 37.4 Å². The minimum Gasteiger partial charge on any atom is -0.393 e. The smallest absolute Gasteiger partial charge is 0.113 e. The number of rotatable bonds is 6. The van der Waals surface area contributed by atoms with Crippen molar-refractivity contribution in [1.29, 1.82) is 0 Å². The molecule has 0 spiro atoms. The zero-order chi connectivity index (χ0) is 23.8. The molecule has 0 saturated heterocycles. The first-order valence-electron chi connectivity index (χ1n) is 10.7. The van der Waals surface area contributed by atoms with Gasteiger partial charge in [-0.15, -0.1) is 53.4 Å². The predicted octanol–water partition coefficient (Wildman–Crippen LogP) is 6.34. The quantitative estimate of drug-likeness (QED) is 0.185. The van der Waals surface area contributed by atoms with Crippen LogP contribution in [-0.4, -0.2) is 44.9 Å². The number of hydrogen-bond donors (Lipinski definition) is 2. The Morgan fingerprint density at radius 3 is 2.21 bits per heavy atom. The molecule has 0 bridgehead atoms. The summed E-state index contributed by atoms with van der Waals surface area (Å²) in [6.07, 6.45) is 5.59. The normalized spacial score (nSPS) is 12.3. The molecule has 3 aromatic carbocycles. The molecule has 7 heteroatoms. The van der Waals surface area contributed by atoms with Gasteiger partial charge in [-0.05, 0) is 43.6 Å². The molecular formula is C27H29IrN2O2S2-. The molecule has 4 nitrogen and oxygen atoms in total. The van der Waals surface area contributed by atoms with Crippen molar-refractivity contribution in [3.63, 3.8) is 0 Å². The van der Waals surface area contributed by atoms with Gasteiger partial charge in [-0.2, -0.15) is 0 Å². The van der Waals surface area contributed by atoms with Crippen molar-refractivity contribution in [2.75, 3.05) is 12.5 Å². The zero-order valence-electron chi connectivity index (χ0n) is 19.7. The molecule has 2 atom stereocenters. The van der Waals surface area contributed by atoms with Crippen LogP contribution in [0, 0.1) is 6.07 Å². The van der Waals surface area contributed by atoms with E-state index in [0.29, 0.717) is 6.42 Å². The third-order valence-electron chi connectivity index (χ3n) is 4.97. The van der Waals surface area contributed by atoms with Gasteiger partial charge < -0.3 is 10.2 Å². The number of aliphatic hydroxyl groups excluding tert-OH is 2. The van der Waals surface area contributed by atoms with Crippen LogP contribution < -0.4 is 0 Å². The van der Waals surface area contributed by atoms with E-state index < -0.39 is 0 Å². The molecule has 1 heterocycles. The standard InChI is InChI=1S/C22H17N2S2.C5H12O2.Ir/c1-25-20-14-23-21(22(24-20)26-2)17-12-10-16(11-13-17)19-9-5-7-15-6-3-4-8-18(15)19;1-4(6)3-5(2)7;/h3-12,14H,1-2H3;4-7H,3H2,1-2H3;/q-1;;. The number of aliphatic hydroxyl groups is 2. The van der Waals surface area contributed by atoms with Crippen LogP contribution in [0.15, 0.2) is 76.9 Å². The van der Waals surface area contributed by atoms with E-state index in [2.05, 4.69) is 70.6 Å². The first-order chi connectivity index (χ1) is 15.9. The molecule has 1 aromatic heterocycles. The molecule has 0 aliphatic heterocycles. The largest absolute Gasteiger partial charge is 0.393 e. The average Bonchev–Trinajstić information content (AvgIpc) is 2.83. The van der Waals surface area contributed by atoms with Gasteiger partial charge in [0.15, 0.2) is 0 Å². The van der Waals surface area contributed by atoms with Crippen LogP contribution >= 0.6 is 23.5 Å². The summed E-state index contributed by atoms with van der Waals surface area (Å²) in [6.45, 7) is 3.32. The third kappa shape index (κ3) is 7.64. The summed E-state index contributed by atoms with van der Waals surface area (Å²) >= 11 is 3.22. The maximum absolute atomic E-state index is 8.56. The van der Waals surface area contributed by atoms with Gasteiger partial charge in [0, 0.05) is 32.0 Å². The van der Waals surface area contributed by atoms with Crippen LogP contribution in [-0.2, 0) is 20.1 Å². The Labute approximate surface area is 224 Å². The summed E-state index contributed by atoms with van der Waals surface area (Å²) < 4.78 is 0. The van der Waals surface area contributed by atoms with Gasteiger partial charge in [-0.25, -0.2) is 4.98 Å². The molecule has 0 amide bonds. The zero-order valence-corrected chi connectivity index (χ0v) is 23.7. The van der Waals surface area contributed by atoms with Crippen molar-refractivity contribution in [3.05, 3.63) is 72.9 Å². The van der Waals surface area contributed by atoms with Crippen LogP contribution in [0.3, 0.4) is 0 Å². The molecule has 0 aliphatic rings. The van der Waals surface area contributed by atoms with E-state index in [-0.39, 0.29) is 32.3 Å². The maximum atomic E-state index is 8.56. The Morgan fingerprint density at radius 2 is 1.62 bits per heavy atom. The molecule has 4 rings (SSSR count). The van der Waals surface area contributed by atoms with Gasteiger partial charge in [-0.3, -0.25) is 4.98 Å². The van der Waals surface area contributed by atoms with E-state index in [1.807, 2.05) is 24.8 Å². The summed E-state index contributed by atoms with van der Waals surface area (Å²) in [5, 5.41) is 21.5. The minimum atomic E-state index is -0.375. The molecule has 0 fully saturated rings. The fourth-order valence-corrected chi connectivity index (χ4v) is 4.44. The maximum Gasteiger partial charge on any atom is 0.113 e. The number of thioether (sulfide) groups is 2. The van der Waals surface area contributed by atoms with Crippen molar-refractivity contribution in [2.24, 2.45) is 0 Å². The molecule has 2 N–H and O–H groups in total. The number of benzene rings is 3. The monoisotopic (exact) mass is 670 g/mol. The van der Waals surface area contributed by atoms with Gasteiger partial charge in [0.2, 0.25) is 0 Å². The third-order valence-corrected chi connectivity index (χ3v) is 6.26. The first kappa shape index (κ1) is 28.5. The molecule has 2 unspecified atom stereocenters. The SMILES string of the molecule is CC(O)CC(C)O.CSc1cnc(-c2[c-]cc(-c3cccc4ccccc34)cc2)c(SC)n1.[Ir]. The number of hydrogen-bond acceptors (Lipinski definition) is 6. The first-order valence-corrected chi connectivity index (χ1v) is 13.2. The predicted molar refractivity (Wildman–Crippen MR) is 141 cm³/mol. The fraction of sp³-hybridized carbons (Fsp3) is 0.259. The van der Waals surface area contributed by atoms with Gasteiger partial charge in [0.1, 0.15) is 5.03 Å². The van der Waals surface area contributed by atoms with Crippen molar-refractivity contribution in [3.8, 4) is 22.4 Å². The van der Waals surface area contributed by atoms with Crippen LogP contribution in [0.4, 0.5) is 0 Å². The molecule has 4 aromatic rings. The Hall–Kier alpha value is -1.73. The van der Waals surface area contributed by atoms with E-state index in [1.165, 1.54) is 16.3 Å². The van der Waals surface area contributed by atoms with E-state index in [9.17, 15) is 0 Å². The van der Waals surface area contributed by atoms with E-state index in [0.717, 1.165) is 26.9 Å². The van der Waals surface area contributed by atoms with Gasteiger partial charge in [-0.1, -0.05) is 53.6 Å². The van der Waals surface area contributed by atoms with Crippen molar-refractivity contribution in [1.82, 2.24) is 9.97 Å². The van der Waals surface area contributed by atoms with Crippen molar-refractivity contribution in [2.45, 2.75) is 42.5 Å². The Bertz CT molecular complexity index is 1170. The topological polar surface area (TPSA) is 66.2 Å². The molecule has 0 saturated carbocycles. The van der Waals surface area contributed by atoms with Crippen LogP contribution in [0.5, 0.6) is 0 Å². The van der Waals surface area contributed by atoms with Gasteiger partial charge >= 0.3 is 0 Å². The second-order valence-electron chi connectivity index (χ2n) is 7.72. The molecule has 1 radical (unpaired) electrons. The van der Waals surface area contributed by atoms with Crippen LogP contribution in [0.25, 0.3) is 33.2 Å². The second kappa shape index (κ2) is 14.0. The summed E-state index contributed by atoms with van der Waals surface area (Å²) in [5.41, 5.74) is 4.24. The van der Waals surface area contributed by atoms with Crippen LogP contribution in [0.1, 0.15) is 20.3 Å². The number of fused-ring (bicyclic) bond motifs is 1. The summed E-state index contributed by atoms with van der Waals surface area (Å²) in [5.74, 6) is 0. The Kier molecular flexibility index (Phi) is 11.7. The van der Waals surface area contributed by atoms with E-state index in [4.69, 9.17) is 10.2 Å². The second-order valence-corrected chi connectivity index (χ2v) is 9.34. The van der Waals surface area contributed by atoms with Crippen molar-refractivity contribution >= 4 is 34.3 Å². The summed E-state index contributed by atoms with van der Waals surface area (Å²) in [6, 6.07) is 24.5. The fourth-order valence-electron chi connectivity index (χ4n) is 3.49. The molecule has 181 valence electrons. The molecule has 34 heavy (non-hydrogen) atoms.